The molecule has 0 saturated heterocycles. The maximum absolute atomic E-state index is 10.7. The van der Waals surface area contributed by atoms with Gasteiger partial charge in [0.15, 0.2) is 0 Å². The Balaban J connectivity index is 2.15. The summed E-state index contributed by atoms with van der Waals surface area (Å²) in [4.78, 5) is 15.3. The molecule has 0 fully saturated rings. The van der Waals surface area contributed by atoms with E-state index in [4.69, 9.17) is 0 Å². The minimum Gasteiger partial charge on any atom is -0.341 e. The van der Waals surface area contributed by atoms with Crippen molar-refractivity contribution in [3.63, 3.8) is 0 Å². The van der Waals surface area contributed by atoms with Crippen LogP contribution >= 0.6 is 0 Å². The molecule has 4 nitrogen and oxygen atoms in total. The summed E-state index contributed by atoms with van der Waals surface area (Å²) in [6.45, 7) is 4.39. The number of aromatic nitrogens is 1. The highest BCUT2D eigenvalue weighted by Crippen LogP contribution is 2.29. The topological polar surface area (TPSA) is 43.6 Å². The lowest BCUT2D eigenvalue weighted by Gasteiger charge is -2.02. The van der Waals surface area contributed by atoms with E-state index in [1.165, 1.54) is 28.7 Å². The van der Waals surface area contributed by atoms with Gasteiger partial charge in [0.1, 0.15) is 0 Å². The van der Waals surface area contributed by atoms with E-state index in [0.717, 1.165) is 12.1 Å². The fourth-order valence-electron chi connectivity index (χ4n) is 2.65. The zero-order chi connectivity index (χ0) is 14.8. The third kappa shape index (κ3) is 2.40. The summed E-state index contributed by atoms with van der Waals surface area (Å²) in [6.07, 6.45) is 1.55. The van der Waals surface area contributed by atoms with Gasteiger partial charge in [-0.15, -0.1) is 0 Å². The molecule has 0 amide bonds. The van der Waals surface area contributed by atoms with Gasteiger partial charge in [-0.25, -0.2) is 4.79 Å². The quantitative estimate of drug-likeness (QED) is 0.417. The maximum atomic E-state index is 10.7. The molecule has 0 radical (unpaired) electrons. The van der Waals surface area contributed by atoms with Crippen LogP contribution in [0, 0.1) is 0 Å². The van der Waals surface area contributed by atoms with Crippen LogP contribution in [-0.2, 0) is 16.2 Å². The molecular formula is C17H16N2O2. The molecule has 0 aliphatic carbocycles. The van der Waals surface area contributed by atoms with E-state index in [9.17, 15) is 4.79 Å². The molecule has 1 aromatic heterocycles. The van der Waals surface area contributed by atoms with Crippen LogP contribution in [0.1, 0.15) is 19.4 Å². The van der Waals surface area contributed by atoms with E-state index in [-0.39, 0.29) is 0 Å². The Kier molecular flexibility index (Phi) is 3.44. The number of benzene rings is 2. The zero-order valence-electron chi connectivity index (χ0n) is 12.0. The molecule has 0 unspecified atom stereocenters. The highest BCUT2D eigenvalue weighted by molar-refractivity contribution is 6.09. The number of nitrogens with zero attached hydrogens (tertiary/aromatic N) is 2. The van der Waals surface area contributed by atoms with Gasteiger partial charge in [0.25, 0.3) is 0 Å². The Hall–Kier alpha value is -2.62. The number of carbonyl (C=O) groups is 1. The molecule has 4 heteroatoms. The first-order chi connectivity index (χ1) is 10.2. The van der Waals surface area contributed by atoms with Crippen molar-refractivity contribution in [2.45, 2.75) is 20.4 Å². The summed E-state index contributed by atoms with van der Waals surface area (Å²) >= 11 is 0. The van der Waals surface area contributed by atoms with Crippen LogP contribution < -0.4 is 0 Å². The van der Waals surface area contributed by atoms with Crippen molar-refractivity contribution in [2.75, 3.05) is 0 Å². The summed E-state index contributed by atoms with van der Waals surface area (Å²) in [5.74, 6) is -0.421. The monoisotopic (exact) mass is 280 g/mol. The van der Waals surface area contributed by atoms with Gasteiger partial charge < -0.3 is 9.40 Å². The van der Waals surface area contributed by atoms with Crippen LogP contribution in [0.4, 0.5) is 0 Å². The largest absolute Gasteiger partial charge is 0.341 e. The molecule has 21 heavy (non-hydrogen) atoms. The molecule has 3 aromatic rings. The van der Waals surface area contributed by atoms with E-state index < -0.39 is 5.97 Å². The van der Waals surface area contributed by atoms with Crippen molar-refractivity contribution in [2.24, 2.45) is 5.16 Å². The van der Waals surface area contributed by atoms with Crippen molar-refractivity contribution in [3.8, 4) is 0 Å². The van der Waals surface area contributed by atoms with Crippen molar-refractivity contribution in [3.05, 3.63) is 48.0 Å². The Morgan fingerprint density at radius 2 is 1.95 bits per heavy atom. The first-order valence-corrected chi connectivity index (χ1v) is 6.92. The van der Waals surface area contributed by atoms with E-state index in [0.29, 0.717) is 0 Å². The summed E-state index contributed by atoms with van der Waals surface area (Å²) in [7, 11) is 0. The Bertz CT molecular complexity index is 846. The minimum atomic E-state index is -0.421. The molecule has 0 aliphatic rings. The fraction of sp³-hybridized carbons (Fsp3) is 0.176. The van der Waals surface area contributed by atoms with Crippen LogP contribution in [0.5, 0.6) is 0 Å². The normalized spacial score (nSPS) is 11.5. The second kappa shape index (κ2) is 5.40. The van der Waals surface area contributed by atoms with Crippen LogP contribution in [0.2, 0.25) is 0 Å². The van der Waals surface area contributed by atoms with Gasteiger partial charge >= 0.3 is 5.97 Å². The van der Waals surface area contributed by atoms with Crippen LogP contribution in [0.3, 0.4) is 0 Å². The highest BCUT2D eigenvalue weighted by Gasteiger charge is 2.08. The van der Waals surface area contributed by atoms with Gasteiger partial charge in [-0.05, 0) is 30.7 Å². The Morgan fingerprint density at radius 3 is 2.71 bits per heavy atom. The van der Waals surface area contributed by atoms with E-state index >= 15 is 0 Å². The summed E-state index contributed by atoms with van der Waals surface area (Å²) < 4.78 is 2.29. The number of rotatable bonds is 3. The van der Waals surface area contributed by atoms with Gasteiger partial charge in [0.05, 0.1) is 6.21 Å². The molecule has 0 aliphatic heterocycles. The Morgan fingerprint density at radius 1 is 1.19 bits per heavy atom. The first kappa shape index (κ1) is 13.4. The third-order valence-corrected chi connectivity index (χ3v) is 3.50. The zero-order valence-corrected chi connectivity index (χ0v) is 12.0. The van der Waals surface area contributed by atoms with E-state index in [1.807, 2.05) is 12.1 Å². The lowest BCUT2D eigenvalue weighted by Crippen LogP contribution is -1.93. The second-order valence-electron chi connectivity index (χ2n) is 4.86. The number of hydrogen-bond donors (Lipinski definition) is 0. The number of aryl methyl sites for hydroxylation is 1. The lowest BCUT2D eigenvalue weighted by atomic mass is 10.1. The SMILES string of the molecule is CCn1c2ccccc2c2cc(/C=N/OC(C)=O)ccc21. The van der Waals surface area contributed by atoms with E-state index in [2.05, 4.69) is 51.8 Å². The smallest absolute Gasteiger partial charge is 0.331 e. The number of carbonyl (C=O) groups excluding carboxylic acids is 1. The van der Waals surface area contributed by atoms with Crippen molar-refractivity contribution in [1.82, 2.24) is 4.57 Å². The Labute approximate surface area is 122 Å². The van der Waals surface area contributed by atoms with Gasteiger partial charge in [-0.1, -0.05) is 29.4 Å². The standard InChI is InChI=1S/C17H16N2O2/c1-3-19-16-7-5-4-6-14(16)15-10-13(8-9-17(15)19)11-18-21-12(2)20/h4-11H,3H2,1-2H3/b18-11+. The average molecular weight is 280 g/mol. The highest BCUT2D eigenvalue weighted by atomic mass is 16.7. The maximum Gasteiger partial charge on any atom is 0.331 e. The average Bonchev–Trinajstić information content (AvgIpc) is 2.80. The van der Waals surface area contributed by atoms with Gasteiger partial charge in [-0.3, -0.25) is 0 Å². The van der Waals surface area contributed by atoms with E-state index in [1.54, 1.807) is 6.21 Å². The van der Waals surface area contributed by atoms with Gasteiger partial charge in [0.2, 0.25) is 0 Å². The summed E-state index contributed by atoms with van der Waals surface area (Å²) in [5, 5.41) is 6.07. The molecule has 2 aromatic carbocycles. The summed E-state index contributed by atoms with van der Waals surface area (Å²) in [5.41, 5.74) is 3.33. The lowest BCUT2D eigenvalue weighted by molar-refractivity contribution is -0.140. The molecule has 106 valence electrons. The predicted molar refractivity (Wildman–Crippen MR) is 84.5 cm³/mol. The van der Waals surface area contributed by atoms with Gasteiger partial charge in [0, 0.05) is 35.3 Å². The van der Waals surface area contributed by atoms with Crippen molar-refractivity contribution in [1.29, 1.82) is 0 Å². The molecule has 0 N–H and O–H groups in total. The van der Waals surface area contributed by atoms with Crippen molar-refractivity contribution >= 4 is 34.0 Å². The molecule has 0 bridgehead atoms. The third-order valence-electron chi connectivity index (χ3n) is 3.50. The molecular weight excluding hydrogens is 264 g/mol. The molecule has 0 spiro atoms. The minimum absolute atomic E-state index is 0.421. The molecule has 0 saturated carbocycles. The van der Waals surface area contributed by atoms with Crippen LogP contribution in [0.25, 0.3) is 21.8 Å². The first-order valence-electron chi connectivity index (χ1n) is 6.92. The van der Waals surface area contributed by atoms with Crippen LogP contribution in [0.15, 0.2) is 47.6 Å². The molecule has 3 rings (SSSR count). The molecule has 0 atom stereocenters. The predicted octanol–water partition coefficient (Wildman–Crippen LogP) is 3.71. The van der Waals surface area contributed by atoms with Gasteiger partial charge in [-0.2, -0.15) is 0 Å². The molecule has 1 heterocycles. The number of hydrogen-bond acceptors (Lipinski definition) is 3. The number of fused-ring (bicyclic) bond motifs is 3. The number of oxime groups is 1. The van der Waals surface area contributed by atoms with Crippen molar-refractivity contribution < 1.29 is 9.63 Å². The van der Waals surface area contributed by atoms with Crippen LogP contribution in [-0.4, -0.2) is 16.8 Å². The summed E-state index contributed by atoms with van der Waals surface area (Å²) in [6, 6.07) is 14.5. The fourth-order valence-corrected chi connectivity index (χ4v) is 2.65. The second-order valence-corrected chi connectivity index (χ2v) is 4.86. The number of para-hydroxylation sites is 1.